The lowest BCUT2D eigenvalue weighted by molar-refractivity contribution is -0.120. The summed E-state index contributed by atoms with van der Waals surface area (Å²) in [6, 6.07) is 19.3. The summed E-state index contributed by atoms with van der Waals surface area (Å²) in [5, 5.41) is 3.55. The lowest BCUT2D eigenvalue weighted by Crippen LogP contribution is -2.32. The van der Waals surface area contributed by atoms with Crippen LogP contribution in [-0.2, 0) is 9.59 Å². The molecule has 32 heavy (non-hydrogen) atoms. The third-order valence-electron chi connectivity index (χ3n) is 5.11. The molecule has 4 rings (SSSR count). The number of carbonyl (C=O) groups is 2. The number of methoxy groups -OCH3 is 2. The molecule has 1 heterocycles. The molecular weight excluding hydrogens is 428 g/mol. The summed E-state index contributed by atoms with van der Waals surface area (Å²) in [5.41, 5.74) is 3.07. The molecule has 0 saturated carbocycles. The fourth-order valence-corrected chi connectivity index (χ4v) is 3.69. The number of nitrogens with one attached hydrogen (secondary N) is 1. The fourth-order valence-electron chi connectivity index (χ4n) is 3.51. The summed E-state index contributed by atoms with van der Waals surface area (Å²) in [6.45, 7) is 1.96. The molecule has 0 bridgehead atoms. The van der Waals surface area contributed by atoms with E-state index in [9.17, 15) is 9.59 Å². The van der Waals surface area contributed by atoms with Gasteiger partial charge in [-0.05, 0) is 30.7 Å². The second-order valence-electron chi connectivity index (χ2n) is 7.27. The normalized spacial score (nSPS) is 13.6. The van der Waals surface area contributed by atoms with Crippen molar-refractivity contribution in [3.63, 3.8) is 0 Å². The summed E-state index contributed by atoms with van der Waals surface area (Å²) in [5.74, 6) is 0.189. The Morgan fingerprint density at radius 1 is 0.844 bits per heavy atom. The van der Waals surface area contributed by atoms with Crippen LogP contribution in [0.2, 0.25) is 5.02 Å². The average Bonchev–Trinajstić information content (AvgIpc) is 3.03. The summed E-state index contributed by atoms with van der Waals surface area (Å²) >= 11 is 6.12. The number of hydrogen-bond acceptors (Lipinski definition) is 5. The lowest BCUT2D eigenvalue weighted by Gasteiger charge is -2.16. The van der Waals surface area contributed by atoms with Crippen LogP contribution in [0.1, 0.15) is 11.1 Å². The highest BCUT2D eigenvalue weighted by Gasteiger charge is 2.40. The largest absolute Gasteiger partial charge is 0.497 e. The molecule has 162 valence electrons. The molecule has 0 aromatic heterocycles. The summed E-state index contributed by atoms with van der Waals surface area (Å²) in [6.07, 6.45) is 0. The minimum Gasteiger partial charge on any atom is -0.497 e. The van der Waals surface area contributed by atoms with Gasteiger partial charge in [-0.1, -0.05) is 47.5 Å². The maximum atomic E-state index is 13.5. The lowest BCUT2D eigenvalue weighted by atomic mass is 10.0. The van der Waals surface area contributed by atoms with Crippen LogP contribution in [0.5, 0.6) is 11.5 Å². The smallest absolute Gasteiger partial charge is 0.282 e. The van der Waals surface area contributed by atoms with Gasteiger partial charge in [0, 0.05) is 28.9 Å². The monoisotopic (exact) mass is 448 g/mol. The van der Waals surface area contributed by atoms with Gasteiger partial charge in [-0.25, -0.2) is 4.90 Å². The van der Waals surface area contributed by atoms with Gasteiger partial charge in [0.2, 0.25) is 0 Å². The molecule has 1 N–H and O–H groups in total. The van der Waals surface area contributed by atoms with Crippen LogP contribution in [0.25, 0.3) is 5.57 Å². The maximum Gasteiger partial charge on any atom is 0.282 e. The molecule has 0 spiro atoms. The van der Waals surface area contributed by atoms with Crippen molar-refractivity contribution in [2.24, 2.45) is 0 Å². The first-order valence-corrected chi connectivity index (χ1v) is 10.2. The van der Waals surface area contributed by atoms with Gasteiger partial charge in [0.15, 0.2) is 0 Å². The van der Waals surface area contributed by atoms with E-state index >= 15 is 0 Å². The highest BCUT2D eigenvalue weighted by molar-refractivity contribution is 6.46. The minimum absolute atomic E-state index is 0.161. The number of benzene rings is 3. The van der Waals surface area contributed by atoms with Crippen molar-refractivity contribution >= 4 is 40.4 Å². The van der Waals surface area contributed by atoms with Crippen LogP contribution in [0.15, 0.2) is 72.4 Å². The Bertz CT molecular complexity index is 1210. The predicted octanol–water partition coefficient (Wildman–Crippen LogP) is 5.06. The highest BCUT2D eigenvalue weighted by Crippen LogP contribution is 2.36. The van der Waals surface area contributed by atoms with Gasteiger partial charge in [0.05, 0.1) is 25.5 Å². The van der Waals surface area contributed by atoms with Crippen molar-refractivity contribution in [2.75, 3.05) is 24.4 Å². The first kappa shape index (κ1) is 21.5. The fraction of sp³-hybridized carbons (Fsp3) is 0.120. The molecule has 6 nitrogen and oxygen atoms in total. The molecule has 0 radical (unpaired) electrons. The van der Waals surface area contributed by atoms with Gasteiger partial charge >= 0.3 is 0 Å². The first-order chi connectivity index (χ1) is 15.4. The third kappa shape index (κ3) is 4.05. The van der Waals surface area contributed by atoms with E-state index in [0.29, 0.717) is 33.5 Å². The molecule has 0 saturated heterocycles. The molecule has 3 aromatic carbocycles. The van der Waals surface area contributed by atoms with Crippen LogP contribution >= 0.6 is 11.6 Å². The number of aryl methyl sites for hydroxylation is 1. The Morgan fingerprint density at radius 3 is 2.09 bits per heavy atom. The number of rotatable bonds is 6. The van der Waals surface area contributed by atoms with Crippen LogP contribution in [-0.4, -0.2) is 26.0 Å². The number of ether oxygens (including phenoxy) is 2. The average molecular weight is 449 g/mol. The van der Waals surface area contributed by atoms with Crippen LogP contribution in [0, 0.1) is 6.92 Å². The van der Waals surface area contributed by atoms with Crippen molar-refractivity contribution in [1.82, 2.24) is 0 Å². The molecule has 0 atom stereocenters. The third-order valence-corrected chi connectivity index (χ3v) is 5.35. The van der Waals surface area contributed by atoms with Gasteiger partial charge in [-0.15, -0.1) is 0 Å². The summed E-state index contributed by atoms with van der Waals surface area (Å²) in [4.78, 5) is 28.1. The molecule has 0 aliphatic carbocycles. The second kappa shape index (κ2) is 8.77. The van der Waals surface area contributed by atoms with Crippen molar-refractivity contribution in [2.45, 2.75) is 6.92 Å². The molecule has 2 amide bonds. The van der Waals surface area contributed by atoms with E-state index in [-0.39, 0.29) is 11.3 Å². The number of carbonyl (C=O) groups excluding carboxylic acids is 2. The zero-order valence-electron chi connectivity index (χ0n) is 17.8. The van der Waals surface area contributed by atoms with Crippen molar-refractivity contribution < 1.29 is 19.1 Å². The Kier molecular flexibility index (Phi) is 5.88. The Hall–Kier alpha value is -3.77. The van der Waals surface area contributed by atoms with Gasteiger partial charge in [0.25, 0.3) is 11.8 Å². The molecule has 0 fully saturated rings. The molecule has 0 unspecified atom stereocenters. The molecule has 3 aromatic rings. The second-order valence-corrected chi connectivity index (χ2v) is 7.70. The number of hydrogen-bond donors (Lipinski definition) is 1. The Balaban J connectivity index is 1.83. The van der Waals surface area contributed by atoms with Crippen LogP contribution in [0.4, 0.5) is 11.4 Å². The number of anilines is 2. The van der Waals surface area contributed by atoms with E-state index in [1.165, 1.54) is 0 Å². The quantitative estimate of drug-likeness (QED) is 0.534. The van der Waals surface area contributed by atoms with Crippen LogP contribution in [0.3, 0.4) is 0 Å². The number of amides is 2. The van der Waals surface area contributed by atoms with E-state index in [2.05, 4.69) is 5.32 Å². The van der Waals surface area contributed by atoms with Crippen LogP contribution < -0.4 is 19.7 Å². The van der Waals surface area contributed by atoms with Gasteiger partial charge in [-0.3, -0.25) is 9.59 Å². The number of nitrogens with zero attached hydrogens (tertiary/aromatic N) is 1. The van der Waals surface area contributed by atoms with Gasteiger partial charge < -0.3 is 14.8 Å². The number of imide groups is 1. The minimum atomic E-state index is -0.477. The van der Waals surface area contributed by atoms with Crippen molar-refractivity contribution in [1.29, 1.82) is 0 Å². The van der Waals surface area contributed by atoms with Crippen molar-refractivity contribution in [3.8, 4) is 11.5 Å². The van der Waals surface area contributed by atoms with Gasteiger partial charge in [0.1, 0.15) is 17.2 Å². The summed E-state index contributed by atoms with van der Waals surface area (Å²) in [7, 11) is 3.08. The zero-order valence-corrected chi connectivity index (χ0v) is 18.6. The number of halogens is 1. The van der Waals surface area contributed by atoms with E-state index in [1.807, 2.05) is 31.2 Å². The maximum absolute atomic E-state index is 13.5. The Morgan fingerprint density at radius 2 is 1.50 bits per heavy atom. The molecule has 1 aliphatic heterocycles. The SMILES string of the molecule is COc1cc(NC2=C(c3ccc(C)cc3)C(=O)N(c3cccc(Cl)c3)C2=O)cc(OC)c1. The Labute approximate surface area is 191 Å². The highest BCUT2D eigenvalue weighted by atomic mass is 35.5. The summed E-state index contributed by atoms with van der Waals surface area (Å²) < 4.78 is 10.7. The van der Waals surface area contributed by atoms with E-state index in [4.69, 9.17) is 21.1 Å². The standard InChI is InChI=1S/C25H21ClN2O4/c1-15-7-9-16(10-8-15)22-23(27-18-12-20(31-2)14-21(13-18)32-3)25(30)28(24(22)29)19-6-4-5-17(26)11-19/h4-14,27H,1-3H3. The topological polar surface area (TPSA) is 67.9 Å². The van der Waals surface area contributed by atoms with Gasteiger partial charge in [-0.2, -0.15) is 0 Å². The predicted molar refractivity (Wildman–Crippen MR) is 125 cm³/mol. The van der Waals surface area contributed by atoms with Crippen molar-refractivity contribution in [3.05, 3.63) is 88.6 Å². The molecule has 1 aliphatic rings. The van der Waals surface area contributed by atoms with E-state index in [1.54, 1.807) is 56.7 Å². The molecular formula is C25H21ClN2O4. The zero-order chi connectivity index (χ0) is 22.8. The first-order valence-electron chi connectivity index (χ1n) is 9.87. The van der Waals surface area contributed by atoms with E-state index in [0.717, 1.165) is 10.5 Å². The van der Waals surface area contributed by atoms with E-state index < -0.39 is 11.8 Å². The molecule has 7 heteroatoms.